The molecule has 0 aliphatic carbocycles. The lowest BCUT2D eigenvalue weighted by atomic mass is 10.1. The van der Waals surface area contributed by atoms with Crippen LogP contribution in [0.5, 0.6) is 0 Å². The third-order valence-corrected chi connectivity index (χ3v) is 9.11. The Labute approximate surface area is 225 Å². The van der Waals surface area contributed by atoms with Crippen LogP contribution in [0.25, 0.3) is 10.8 Å². The first kappa shape index (κ1) is 27.6. The van der Waals surface area contributed by atoms with E-state index in [1.54, 1.807) is 17.0 Å². The standard InChI is InChI=1S/C30H37N3O4S/c1-5-22(4)31-30(35)25(6-2)32(20-23-12-7-11-21(3)19-23)28(34)17-10-18-33-26-15-8-13-24-14-9-16-27(29(24)26)38(33,36)37/h7-9,11-16,19,22,25H,5-6,10,17-18,20H2,1-4H3,(H,31,35). The van der Waals surface area contributed by atoms with Crippen molar-refractivity contribution in [2.45, 2.75) is 76.9 Å². The summed E-state index contributed by atoms with van der Waals surface area (Å²) < 4.78 is 28.0. The van der Waals surface area contributed by atoms with Crippen molar-refractivity contribution in [1.82, 2.24) is 10.2 Å². The Morgan fingerprint density at radius 2 is 1.71 bits per heavy atom. The topological polar surface area (TPSA) is 86.8 Å². The van der Waals surface area contributed by atoms with Crippen molar-refractivity contribution >= 4 is 38.3 Å². The summed E-state index contributed by atoms with van der Waals surface area (Å²) in [5.74, 6) is -0.322. The number of hydrogen-bond acceptors (Lipinski definition) is 4. The van der Waals surface area contributed by atoms with Gasteiger partial charge in [0, 0.05) is 30.9 Å². The van der Waals surface area contributed by atoms with E-state index in [1.807, 2.05) is 76.2 Å². The third-order valence-electron chi connectivity index (χ3n) is 7.26. The summed E-state index contributed by atoms with van der Waals surface area (Å²) in [6.07, 6.45) is 1.76. The van der Waals surface area contributed by atoms with E-state index in [2.05, 4.69) is 5.32 Å². The highest BCUT2D eigenvalue weighted by Crippen LogP contribution is 2.42. The molecule has 4 rings (SSSR count). The molecule has 0 aromatic heterocycles. The number of anilines is 1. The molecule has 2 atom stereocenters. The molecule has 3 aromatic rings. The number of hydrogen-bond donors (Lipinski definition) is 1. The molecule has 1 N–H and O–H groups in total. The maximum absolute atomic E-state index is 13.6. The fraction of sp³-hybridized carbons (Fsp3) is 0.400. The number of carbonyl (C=O) groups excluding carboxylic acids is 2. The first-order valence-corrected chi connectivity index (χ1v) is 14.8. The van der Waals surface area contributed by atoms with Gasteiger partial charge in [0.05, 0.1) is 10.6 Å². The summed E-state index contributed by atoms with van der Waals surface area (Å²) in [7, 11) is -3.68. The molecule has 38 heavy (non-hydrogen) atoms. The Morgan fingerprint density at radius 1 is 1.00 bits per heavy atom. The fourth-order valence-corrected chi connectivity index (χ4v) is 6.83. The molecule has 1 aliphatic heterocycles. The van der Waals surface area contributed by atoms with Crippen molar-refractivity contribution in [3.8, 4) is 0 Å². The number of carbonyl (C=O) groups is 2. The van der Waals surface area contributed by atoms with Gasteiger partial charge < -0.3 is 10.2 Å². The van der Waals surface area contributed by atoms with E-state index in [9.17, 15) is 18.0 Å². The van der Waals surface area contributed by atoms with Crippen molar-refractivity contribution in [2.24, 2.45) is 0 Å². The third kappa shape index (κ3) is 5.55. The predicted molar refractivity (Wildman–Crippen MR) is 151 cm³/mol. The Kier molecular flexibility index (Phi) is 8.41. The number of nitrogens with one attached hydrogen (secondary N) is 1. The lowest BCUT2D eigenvalue weighted by Crippen LogP contribution is -2.50. The van der Waals surface area contributed by atoms with Crippen LogP contribution in [-0.4, -0.2) is 43.8 Å². The zero-order valence-corrected chi connectivity index (χ0v) is 23.4. The van der Waals surface area contributed by atoms with Gasteiger partial charge in [0.25, 0.3) is 10.0 Å². The highest BCUT2D eigenvalue weighted by molar-refractivity contribution is 7.93. The predicted octanol–water partition coefficient (Wildman–Crippen LogP) is 5.16. The van der Waals surface area contributed by atoms with Gasteiger partial charge in [-0.3, -0.25) is 13.9 Å². The maximum Gasteiger partial charge on any atom is 0.265 e. The van der Waals surface area contributed by atoms with Crippen molar-refractivity contribution in [2.75, 3.05) is 10.8 Å². The smallest absolute Gasteiger partial charge is 0.265 e. The van der Waals surface area contributed by atoms with Gasteiger partial charge in [-0.2, -0.15) is 0 Å². The van der Waals surface area contributed by atoms with Crippen molar-refractivity contribution in [3.05, 3.63) is 71.8 Å². The van der Waals surface area contributed by atoms with E-state index < -0.39 is 16.1 Å². The van der Waals surface area contributed by atoms with Crippen LogP contribution in [0.2, 0.25) is 0 Å². The Morgan fingerprint density at radius 3 is 2.39 bits per heavy atom. The van der Waals surface area contributed by atoms with Crippen LogP contribution in [0.1, 0.15) is 57.6 Å². The van der Waals surface area contributed by atoms with Gasteiger partial charge in [0.2, 0.25) is 11.8 Å². The molecule has 0 radical (unpaired) electrons. The van der Waals surface area contributed by atoms with E-state index >= 15 is 0 Å². The molecule has 2 unspecified atom stereocenters. The van der Waals surface area contributed by atoms with Gasteiger partial charge in [0.1, 0.15) is 6.04 Å². The Bertz CT molecular complexity index is 1430. The first-order chi connectivity index (χ1) is 18.2. The summed E-state index contributed by atoms with van der Waals surface area (Å²) in [4.78, 5) is 28.7. The minimum absolute atomic E-state index is 0.0113. The van der Waals surface area contributed by atoms with E-state index in [0.29, 0.717) is 30.0 Å². The van der Waals surface area contributed by atoms with Crippen LogP contribution in [-0.2, 0) is 26.2 Å². The molecule has 8 heteroatoms. The van der Waals surface area contributed by atoms with Gasteiger partial charge in [-0.15, -0.1) is 0 Å². The van der Waals surface area contributed by atoms with Crippen molar-refractivity contribution < 1.29 is 18.0 Å². The van der Waals surface area contributed by atoms with Crippen molar-refractivity contribution in [3.63, 3.8) is 0 Å². The molecule has 0 saturated carbocycles. The molecular weight excluding hydrogens is 498 g/mol. The average Bonchev–Trinajstić information content (AvgIpc) is 3.11. The van der Waals surface area contributed by atoms with Crippen LogP contribution >= 0.6 is 0 Å². The molecule has 1 heterocycles. The summed E-state index contributed by atoms with van der Waals surface area (Å²) in [5.41, 5.74) is 2.69. The minimum Gasteiger partial charge on any atom is -0.352 e. The molecule has 7 nitrogen and oxygen atoms in total. The zero-order valence-electron chi connectivity index (χ0n) is 22.6. The van der Waals surface area contributed by atoms with Crippen LogP contribution in [0.4, 0.5) is 5.69 Å². The number of nitrogens with zero attached hydrogens (tertiary/aromatic N) is 2. The number of amides is 2. The summed E-state index contributed by atoms with van der Waals surface area (Å²) in [6.45, 7) is 8.37. The molecular formula is C30H37N3O4S. The SMILES string of the molecule is CCC(C)NC(=O)C(CC)N(Cc1cccc(C)c1)C(=O)CCCN1c2cccc3cccc(c23)S1(=O)=O. The largest absolute Gasteiger partial charge is 0.352 e. The van der Waals surface area contributed by atoms with E-state index in [0.717, 1.165) is 28.3 Å². The molecule has 0 spiro atoms. The fourth-order valence-electron chi connectivity index (χ4n) is 5.08. The number of aryl methyl sites for hydroxylation is 1. The van der Waals surface area contributed by atoms with E-state index in [-0.39, 0.29) is 30.8 Å². The van der Waals surface area contributed by atoms with E-state index in [4.69, 9.17) is 0 Å². The summed E-state index contributed by atoms with van der Waals surface area (Å²) >= 11 is 0. The minimum atomic E-state index is -3.68. The van der Waals surface area contributed by atoms with Crippen LogP contribution < -0.4 is 9.62 Å². The number of rotatable bonds is 11. The Balaban J connectivity index is 1.52. The Hall–Kier alpha value is -3.39. The van der Waals surface area contributed by atoms with Crippen LogP contribution in [0.15, 0.2) is 65.6 Å². The van der Waals surface area contributed by atoms with Gasteiger partial charge in [-0.05, 0) is 56.2 Å². The normalized spacial score (nSPS) is 15.3. The van der Waals surface area contributed by atoms with Crippen LogP contribution in [0, 0.1) is 6.92 Å². The first-order valence-electron chi connectivity index (χ1n) is 13.4. The molecule has 3 aromatic carbocycles. The lowest BCUT2D eigenvalue weighted by Gasteiger charge is -2.32. The molecule has 2 amide bonds. The second kappa shape index (κ2) is 11.6. The zero-order chi connectivity index (χ0) is 27.4. The van der Waals surface area contributed by atoms with E-state index in [1.165, 1.54) is 4.31 Å². The van der Waals surface area contributed by atoms with Gasteiger partial charge >= 0.3 is 0 Å². The monoisotopic (exact) mass is 535 g/mol. The van der Waals surface area contributed by atoms with Crippen molar-refractivity contribution in [1.29, 1.82) is 0 Å². The average molecular weight is 536 g/mol. The van der Waals surface area contributed by atoms with Crippen LogP contribution in [0.3, 0.4) is 0 Å². The quantitative estimate of drug-likeness (QED) is 0.368. The highest BCUT2D eigenvalue weighted by atomic mass is 32.2. The second-order valence-corrected chi connectivity index (χ2v) is 11.9. The van der Waals surface area contributed by atoms with Gasteiger partial charge in [-0.25, -0.2) is 8.42 Å². The van der Waals surface area contributed by atoms with Gasteiger partial charge in [-0.1, -0.05) is 67.9 Å². The summed E-state index contributed by atoms with van der Waals surface area (Å²) in [6, 6.07) is 18.2. The summed E-state index contributed by atoms with van der Waals surface area (Å²) in [5, 5.41) is 4.64. The molecule has 0 saturated heterocycles. The maximum atomic E-state index is 13.6. The molecule has 0 bridgehead atoms. The highest BCUT2D eigenvalue weighted by Gasteiger charge is 2.35. The lowest BCUT2D eigenvalue weighted by molar-refractivity contribution is -0.141. The second-order valence-electron chi connectivity index (χ2n) is 10.1. The molecule has 202 valence electrons. The number of benzene rings is 3. The molecule has 0 fully saturated rings. The van der Waals surface area contributed by atoms with Gasteiger partial charge in [0.15, 0.2) is 0 Å². The molecule has 1 aliphatic rings. The number of sulfonamides is 1.